The highest BCUT2D eigenvalue weighted by Crippen LogP contribution is 2.14. The molecule has 70 valence electrons. The number of H-pyrrole nitrogens is 1. The molecular weight excluding hydrogens is 184 g/mol. The first-order valence-electron chi connectivity index (χ1n) is 4.89. The number of benzene rings is 1. The molecule has 2 nitrogen and oxygen atoms in total. The van der Waals surface area contributed by atoms with Gasteiger partial charge in [-0.1, -0.05) is 18.2 Å². The molecule has 2 heterocycles. The first kappa shape index (κ1) is 8.16. The molecule has 2 heteroatoms. The van der Waals surface area contributed by atoms with Crippen LogP contribution in [0.25, 0.3) is 10.9 Å². The van der Waals surface area contributed by atoms with Crippen LogP contribution in [0.2, 0.25) is 0 Å². The topological polar surface area (TPSA) is 29.8 Å². The molecule has 0 amide bonds. The maximum Gasteiger partial charge on any atom is 0.313 e. The minimum Gasteiger partial charge on any atom is -0.348 e. The van der Waals surface area contributed by atoms with Crippen LogP contribution >= 0.6 is 0 Å². The van der Waals surface area contributed by atoms with Gasteiger partial charge in [-0.15, -0.1) is 0 Å². The third-order valence-corrected chi connectivity index (χ3v) is 2.48. The predicted molar refractivity (Wildman–Crippen MR) is 60.3 cm³/mol. The number of hydrogen-bond donors (Lipinski definition) is 2. The summed E-state index contributed by atoms with van der Waals surface area (Å²) in [5.74, 6) is 0. The molecule has 0 spiro atoms. The highest BCUT2D eigenvalue weighted by molar-refractivity contribution is 6.06. The van der Waals surface area contributed by atoms with E-state index in [9.17, 15) is 0 Å². The van der Waals surface area contributed by atoms with Crippen molar-refractivity contribution in [2.24, 2.45) is 0 Å². The molecule has 15 heavy (non-hydrogen) atoms. The molecule has 0 radical (unpaired) electrons. The van der Waals surface area contributed by atoms with Gasteiger partial charge >= 0.3 is 11.9 Å². The summed E-state index contributed by atoms with van der Waals surface area (Å²) in [6.45, 7) is 0. The van der Waals surface area contributed by atoms with Gasteiger partial charge in [-0.05, 0) is 12.1 Å². The molecule has 0 bridgehead atoms. The Morgan fingerprint density at radius 3 is 2.93 bits per heavy atom. The number of nitrogens with one attached hydrogen (secondary N) is 2. The minimum atomic E-state index is 1.07. The number of aromatic nitrogens is 1. The van der Waals surface area contributed by atoms with Gasteiger partial charge in [-0.2, -0.15) is 4.99 Å². The summed E-state index contributed by atoms with van der Waals surface area (Å²) in [7, 11) is 0. The van der Waals surface area contributed by atoms with Gasteiger partial charge in [0.15, 0.2) is 18.2 Å². The lowest BCUT2D eigenvalue weighted by Gasteiger charge is -1.85. The van der Waals surface area contributed by atoms with Crippen LogP contribution in [-0.4, -0.2) is 10.7 Å². The smallest absolute Gasteiger partial charge is 0.313 e. The van der Waals surface area contributed by atoms with E-state index in [0.29, 0.717) is 0 Å². The summed E-state index contributed by atoms with van der Waals surface area (Å²) < 4.78 is 0. The van der Waals surface area contributed by atoms with Crippen LogP contribution in [0, 0.1) is 6.08 Å². The third-order valence-electron chi connectivity index (χ3n) is 2.48. The lowest BCUT2D eigenvalue weighted by atomic mass is 10.2. The monoisotopic (exact) mass is 194 g/mol. The maximum atomic E-state index is 3.37. The molecule has 2 N–H and O–H groups in total. The first-order valence-corrected chi connectivity index (χ1v) is 4.89. The maximum absolute atomic E-state index is 3.37. The zero-order valence-electron chi connectivity index (χ0n) is 8.12. The van der Waals surface area contributed by atoms with Crippen LogP contribution in [0.4, 0.5) is 0 Å². The van der Waals surface area contributed by atoms with Crippen LogP contribution < -0.4 is 4.99 Å². The van der Waals surface area contributed by atoms with Gasteiger partial charge in [-0.3, -0.25) is 0 Å². The summed E-state index contributed by atoms with van der Waals surface area (Å²) in [6, 6.07) is 10.4. The van der Waals surface area contributed by atoms with E-state index in [-0.39, 0.29) is 0 Å². The molecule has 1 aromatic heterocycles. The molecule has 0 saturated heterocycles. The molecule has 0 atom stereocenters. The van der Waals surface area contributed by atoms with E-state index in [1.54, 1.807) is 6.20 Å². The van der Waals surface area contributed by atoms with E-state index < -0.39 is 0 Å². The van der Waals surface area contributed by atoms with E-state index in [0.717, 1.165) is 16.9 Å². The normalized spacial score (nSPS) is 14.0. The Balaban J connectivity index is 2.16. The summed E-state index contributed by atoms with van der Waals surface area (Å²) >= 11 is 0. The van der Waals surface area contributed by atoms with Crippen molar-refractivity contribution in [3.05, 3.63) is 60.5 Å². The van der Waals surface area contributed by atoms with Crippen LogP contribution in [0.15, 0.2) is 48.7 Å². The fourth-order valence-corrected chi connectivity index (χ4v) is 1.73. The van der Waals surface area contributed by atoms with Gasteiger partial charge in [-0.25, -0.2) is 0 Å². The van der Waals surface area contributed by atoms with Gasteiger partial charge in [0, 0.05) is 10.9 Å². The minimum absolute atomic E-state index is 1.07. The van der Waals surface area contributed by atoms with Crippen molar-refractivity contribution in [3.8, 4) is 0 Å². The SMILES string of the molecule is [C+]1=C[NH+]=C(c2cc3ccccc3[nH]2)C=C1. The Morgan fingerprint density at radius 2 is 2.13 bits per heavy atom. The molecule has 1 aliphatic rings. The van der Waals surface area contributed by atoms with Crippen LogP contribution in [-0.2, 0) is 0 Å². The van der Waals surface area contributed by atoms with E-state index in [4.69, 9.17) is 0 Å². The van der Waals surface area contributed by atoms with E-state index in [1.807, 2.05) is 24.3 Å². The molecule has 0 aliphatic carbocycles. The number of aromatic amines is 1. The molecule has 0 unspecified atom stereocenters. The second kappa shape index (κ2) is 3.19. The first-order chi connectivity index (χ1) is 7.43. The second-order valence-electron chi connectivity index (χ2n) is 3.47. The summed E-state index contributed by atoms with van der Waals surface area (Å²) in [5.41, 5.74) is 3.34. The van der Waals surface area contributed by atoms with E-state index in [2.05, 4.69) is 34.3 Å². The predicted octanol–water partition coefficient (Wildman–Crippen LogP) is 0.924. The highest BCUT2D eigenvalue weighted by atomic mass is 14.8. The van der Waals surface area contributed by atoms with Crippen LogP contribution in [0.5, 0.6) is 0 Å². The van der Waals surface area contributed by atoms with Crippen molar-refractivity contribution < 1.29 is 4.99 Å². The van der Waals surface area contributed by atoms with Crippen LogP contribution in [0.3, 0.4) is 0 Å². The molecule has 0 fully saturated rings. The lowest BCUT2D eigenvalue weighted by Crippen LogP contribution is -2.66. The second-order valence-corrected chi connectivity index (χ2v) is 3.47. The number of fused-ring (bicyclic) bond motifs is 1. The zero-order chi connectivity index (χ0) is 10.1. The van der Waals surface area contributed by atoms with Crippen molar-refractivity contribution in [2.45, 2.75) is 0 Å². The Kier molecular flexibility index (Phi) is 1.74. The Morgan fingerprint density at radius 1 is 1.20 bits per heavy atom. The molecule has 0 saturated carbocycles. The molecule has 1 aliphatic heterocycles. The average molecular weight is 194 g/mol. The zero-order valence-corrected chi connectivity index (χ0v) is 8.12. The molecule has 2 aromatic rings. The third kappa shape index (κ3) is 1.37. The standard InChI is InChI=1S/C13H9N2/c1-2-6-11-10(5-1)9-13(15-11)12-7-3-4-8-14-12/h1-3,5-9,15H/q+1/p+1. The van der Waals surface area contributed by atoms with E-state index >= 15 is 0 Å². The van der Waals surface area contributed by atoms with Crippen molar-refractivity contribution in [1.29, 1.82) is 0 Å². The summed E-state index contributed by atoms with van der Waals surface area (Å²) in [4.78, 5) is 6.53. The van der Waals surface area contributed by atoms with Gasteiger partial charge < -0.3 is 4.98 Å². The van der Waals surface area contributed by atoms with Crippen LogP contribution in [0.1, 0.15) is 5.69 Å². The van der Waals surface area contributed by atoms with Crippen molar-refractivity contribution in [3.63, 3.8) is 0 Å². The summed E-state index contributed by atoms with van der Waals surface area (Å²) in [6.07, 6.45) is 8.68. The Hall–Kier alpha value is -2.18. The highest BCUT2D eigenvalue weighted by Gasteiger charge is 2.15. The Labute approximate surface area is 87.7 Å². The lowest BCUT2D eigenvalue weighted by molar-refractivity contribution is -0.372. The van der Waals surface area contributed by atoms with Gasteiger partial charge in [0.1, 0.15) is 5.69 Å². The quantitative estimate of drug-likeness (QED) is 0.632. The fraction of sp³-hybridized carbons (Fsp3) is 0. The average Bonchev–Trinajstić information content (AvgIpc) is 2.74. The Bertz CT molecular complexity index is 552. The number of hydrogen-bond acceptors (Lipinski definition) is 0. The van der Waals surface area contributed by atoms with Crippen molar-refractivity contribution in [1.82, 2.24) is 4.98 Å². The van der Waals surface area contributed by atoms with Crippen molar-refractivity contribution in [2.75, 3.05) is 0 Å². The summed E-state index contributed by atoms with van der Waals surface area (Å²) in [5, 5.41) is 1.23. The van der Waals surface area contributed by atoms with Gasteiger partial charge in [0.05, 0.1) is 0 Å². The van der Waals surface area contributed by atoms with Crippen molar-refractivity contribution >= 4 is 16.6 Å². The van der Waals surface area contributed by atoms with Gasteiger partial charge in [0.2, 0.25) is 0 Å². The largest absolute Gasteiger partial charge is 0.348 e. The number of allylic oxidation sites excluding steroid dienone is 3. The molecular formula is C13H10N2+2. The molecule has 1 aromatic carbocycles. The van der Waals surface area contributed by atoms with E-state index in [1.165, 1.54) is 5.39 Å². The fourth-order valence-electron chi connectivity index (χ4n) is 1.73. The number of para-hydroxylation sites is 1. The molecule has 3 rings (SSSR count). The number of rotatable bonds is 1. The van der Waals surface area contributed by atoms with Gasteiger partial charge in [0.25, 0.3) is 0 Å².